The van der Waals surface area contributed by atoms with Crippen molar-refractivity contribution >= 4 is 11.9 Å². The largest absolute Gasteiger partial charge is 0.464 e. The van der Waals surface area contributed by atoms with Gasteiger partial charge in [-0.3, -0.25) is 5.43 Å². The highest BCUT2D eigenvalue weighted by Crippen LogP contribution is 2.15. The van der Waals surface area contributed by atoms with Gasteiger partial charge >= 0.3 is 6.01 Å². The van der Waals surface area contributed by atoms with Gasteiger partial charge in [0.1, 0.15) is 0 Å². The van der Waals surface area contributed by atoms with E-state index < -0.39 is 5.60 Å². The number of anilines is 2. The number of hydrogen-bond donors (Lipinski definition) is 3. The maximum absolute atomic E-state index is 9.76. The quantitative estimate of drug-likeness (QED) is 0.472. The van der Waals surface area contributed by atoms with E-state index in [2.05, 4.69) is 20.4 Å². The highest BCUT2D eigenvalue weighted by Gasteiger charge is 2.19. The number of likely N-dealkylation sites (N-methyl/N-ethyl adjacent to an activating group) is 1. The van der Waals surface area contributed by atoms with Crippen molar-refractivity contribution in [1.82, 2.24) is 15.0 Å². The number of hydrazine groups is 1. The van der Waals surface area contributed by atoms with Gasteiger partial charge in [-0.2, -0.15) is 15.0 Å². The fourth-order valence-corrected chi connectivity index (χ4v) is 1.43. The van der Waals surface area contributed by atoms with Gasteiger partial charge < -0.3 is 14.7 Å². The van der Waals surface area contributed by atoms with Crippen LogP contribution in [-0.2, 0) is 0 Å². The topological polar surface area (TPSA) is 109 Å². The van der Waals surface area contributed by atoms with Crippen molar-refractivity contribution in [3.8, 4) is 6.01 Å². The summed E-state index contributed by atoms with van der Waals surface area (Å²) in [7, 11) is 1.77. The summed E-state index contributed by atoms with van der Waals surface area (Å²) in [4.78, 5) is 13.9. The second kappa shape index (κ2) is 5.78. The number of aromatic nitrogens is 3. The smallest absolute Gasteiger partial charge is 0.323 e. The lowest BCUT2D eigenvalue weighted by atomic mass is 10.1. The Balaban J connectivity index is 2.96. The molecule has 1 rings (SSSR count). The lowest BCUT2D eigenvalue weighted by Crippen LogP contribution is -2.37. The molecule has 0 saturated heterocycles. The number of hydrogen-bond acceptors (Lipinski definition) is 8. The Kier molecular flexibility index (Phi) is 4.62. The normalized spacial score (nSPS) is 11.2. The van der Waals surface area contributed by atoms with Crippen LogP contribution in [-0.4, -0.2) is 45.9 Å². The molecule has 8 nitrogen and oxygen atoms in total. The lowest BCUT2D eigenvalue weighted by Gasteiger charge is -2.25. The molecule has 1 heterocycles. The SMILES string of the molecule is CCOc1nc(NN)nc(N(C)CC(C)(C)O)n1. The lowest BCUT2D eigenvalue weighted by molar-refractivity contribution is 0.0882. The van der Waals surface area contributed by atoms with Crippen molar-refractivity contribution in [3.63, 3.8) is 0 Å². The van der Waals surface area contributed by atoms with Crippen LogP contribution in [0.2, 0.25) is 0 Å². The molecule has 0 aliphatic heterocycles. The van der Waals surface area contributed by atoms with Crippen LogP contribution in [0.25, 0.3) is 0 Å². The molecule has 4 N–H and O–H groups in total. The maximum atomic E-state index is 9.76. The Morgan fingerprint density at radius 2 is 2.06 bits per heavy atom. The number of nitrogens with two attached hydrogens (primary N) is 1. The summed E-state index contributed by atoms with van der Waals surface area (Å²) in [6, 6.07) is 0.193. The summed E-state index contributed by atoms with van der Waals surface area (Å²) in [5.41, 5.74) is 1.49. The van der Waals surface area contributed by atoms with E-state index in [-0.39, 0.29) is 12.0 Å². The van der Waals surface area contributed by atoms with E-state index in [4.69, 9.17) is 10.6 Å². The third-order valence-corrected chi connectivity index (χ3v) is 1.97. The molecule has 18 heavy (non-hydrogen) atoms. The van der Waals surface area contributed by atoms with Gasteiger partial charge in [0, 0.05) is 13.6 Å². The van der Waals surface area contributed by atoms with E-state index in [1.54, 1.807) is 25.8 Å². The van der Waals surface area contributed by atoms with Crippen LogP contribution in [0.5, 0.6) is 6.01 Å². The highest BCUT2D eigenvalue weighted by atomic mass is 16.5. The van der Waals surface area contributed by atoms with Crippen LogP contribution in [0.1, 0.15) is 20.8 Å². The fraction of sp³-hybridized carbons (Fsp3) is 0.700. The van der Waals surface area contributed by atoms with E-state index in [1.165, 1.54) is 0 Å². The van der Waals surface area contributed by atoms with Crippen LogP contribution in [0.15, 0.2) is 0 Å². The molecule has 0 unspecified atom stereocenters. The molecule has 0 aliphatic rings. The Hall–Kier alpha value is -1.67. The zero-order chi connectivity index (χ0) is 13.8. The molecule has 1 aromatic heterocycles. The van der Waals surface area contributed by atoms with Gasteiger partial charge in [0.2, 0.25) is 11.9 Å². The first-order chi connectivity index (χ1) is 8.35. The predicted octanol–water partition coefficient (Wildman–Crippen LogP) is -0.237. The standard InChI is InChI=1S/C10H20N6O2/c1-5-18-9-13-7(15-11)12-8(14-9)16(4)6-10(2,3)17/h17H,5-6,11H2,1-4H3,(H,12,13,14,15). The molecule has 0 amide bonds. The van der Waals surface area contributed by atoms with Crippen molar-refractivity contribution < 1.29 is 9.84 Å². The predicted molar refractivity (Wildman–Crippen MR) is 68.4 cm³/mol. The molecule has 0 bridgehead atoms. The van der Waals surface area contributed by atoms with Gasteiger partial charge in [0.05, 0.1) is 12.2 Å². The van der Waals surface area contributed by atoms with Gasteiger partial charge in [-0.25, -0.2) is 5.84 Å². The third-order valence-electron chi connectivity index (χ3n) is 1.97. The number of nitrogens with one attached hydrogen (secondary N) is 1. The van der Waals surface area contributed by atoms with Crippen LogP contribution in [0, 0.1) is 0 Å². The summed E-state index contributed by atoms with van der Waals surface area (Å²) >= 11 is 0. The number of nitrogen functional groups attached to an aromatic ring is 1. The summed E-state index contributed by atoms with van der Waals surface area (Å²) in [6.07, 6.45) is 0. The average molecular weight is 256 g/mol. The monoisotopic (exact) mass is 256 g/mol. The van der Waals surface area contributed by atoms with Crippen LogP contribution in [0.4, 0.5) is 11.9 Å². The molecule has 0 aliphatic carbocycles. The third kappa shape index (κ3) is 4.30. The van der Waals surface area contributed by atoms with Gasteiger partial charge in [-0.15, -0.1) is 0 Å². The summed E-state index contributed by atoms with van der Waals surface area (Å²) < 4.78 is 5.22. The molecule has 0 aromatic carbocycles. The van der Waals surface area contributed by atoms with Crippen molar-refractivity contribution in [3.05, 3.63) is 0 Å². The Labute approximate surface area is 106 Å². The Morgan fingerprint density at radius 3 is 2.56 bits per heavy atom. The van der Waals surface area contributed by atoms with Gasteiger partial charge in [-0.1, -0.05) is 0 Å². The molecule has 0 saturated carbocycles. The summed E-state index contributed by atoms with van der Waals surface area (Å²) in [6.45, 7) is 6.06. The second-order valence-corrected chi connectivity index (χ2v) is 4.49. The van der Waals surface area contributed by atoms with Gasteiger partial charge in [-0.05, 0) is 20.8 Å². The van der Waals surface area contributed by atoms with Crippen molar-refractivity contribution in [1.29, 1.82) is 0 Å². The zero-order valence-corrected chi connectivity index (χ0v) is 11.1. The first-order valence-electron chi connectivity index (χ1n) is 5.64. The van der Waals surface area contributed by atoms with Gasteiger partial charge in [0.15, 0.2) is 0 Å². The minimum atomic E-state index is -0.858. The average Bonchev–Trinajstić information content (AvgIpc) is 2.26. The number of ether oxygens (including phenoxy) is 1. The zero-order valence-electron chi connectivity index (χ0n) is 11.1. The van der Waals surface area contributed by atoms with Crippen LogP contribution in [0.3, 0.4) is 0 Å². The van der Waals surface area contributed by atoms with E-state index in [0.29, 0.717) is 19.1 Å². The molecule has 8 heteroatoms. The molecule has 0 atom stereocenters. The summed E-state index contributed by atoms with van der Waals surface area (Å²) in [5, 5.41) is 9.76. The number of nitrogens with zero attached hydrogens (tertiary/aromatic N) is 4. The van der Waals surface area contributed by atoms with Gasteiger partial charge in [0.25, 0.3) is 0 Å². The molecule has 1 aromatic rings. The minimum Gasteiger partial charge on any atom is -0.464 e. The van der Waals surface area contributed by atoms with Crippen molar-refractivity contribution in [2.75, 3.05) is 30.5 Å². The Bertz CT molecular complexity index is 392. The molecule has 0 radical (unpaired) electrons. The van der Waals surface area contributed by atoms with E-state index in [9.17, 15) is 5.11 Å². The first kappa shape index (κ1) is 14.4. The number of aliphatic hydroxyl groups is 1. The second-order valence-electron chi connectivity index (χ2n) is 4.49. The molecular weight excluding hydrogens is 236 g/mol. The first-order valence-corrected chi connectivity index (χ1v) is 5.64. The Morgan fingerprint density at radius 1 is 1.39 bits per heavy atom. The highest BCUT2D eigenvalue weighted by molar-refractivity contribution is 5.37. The van der Waals surface area contributed by atoms with Crippen LogP contribution >= 0.6 is 0 Å². The van der Waals surface area contributed by atoms with Crippen LogP contribution < -0.4 is 20.9 Å². The fourth-order valence-electron chi connectivity index (χ4n) is 1.43. The molecular formula is C10H20N6O2. The van der Waals surface area contributed by atoms with Crippen molar-refractivity contribution in [2.45, 2.75) is 26.4 Å². The summed E-state index contributed by atoms with van der Waals surface area (Å²) in [5.74, 6) is 5.88. The molecule has 102 valence electrons. The minimum absolute atomic E-state index is 0.193. The number of rotatable bonds is 6. The van der Waals surface area contributed by atoms with E-state index >= 15 is 0 Å². The van der Waals surface area contributed by atoms with E-state index in [0.717, 1.165) is 0 Å². The molecule has 0 spiro atoms. The van der Waals surface area contributed by atoms with Crippen molar-refractivity contribution in [2.24, 2.45) is 5.84 Å². The maximum Gasteiger partial charge on any atom is 0.323 e. The van der Waals surface area contributed by atoms with E-state index in [1.807, 2.05) is 6.92 Å². The molecule has 0 fully saturated rings.